The van der Waals surface area contributed by atoms with Crippen molar-refractivity contribution in [2.75, 3.05) is 11.9 Å². The van der Waals surface area contributed by atoms with Gasteiger partial charge in [-0.25, -0.2) is 4.79 Å². The molecular formula is C19H26N4O2. The van der Waals surface area contributed by atoms with Crippen LogP contribution in [0.5, 0.6) is 0 Å². The molecule has 134 valence electrons. The first-order valence-corrected chi connectivity index (χ1v) is 8.85. The fourth-order valence-electron chi connectivity index (χ4n) is 2.98. The molecule has 0 radical (unpaired) electrons. The van der Waals surface area contributed by atoms with Gasteiger partial charge in [-0.3, -0.25) is 4.68 Å². The normalized spacial score (nSPS) is 15.2. The van der Waals surface area contributed by atoms with Crippen LogP contribution >= 0.6 is 0 Å². The van der Waals surface area contributed by atoms with Gasteiger partial charge < -0.3 is 15.3 Å². The average molecular weight is 342 g/mol. The van der Waals surface area contributed by atoms with E-state index in [1.807, 2.05) is 55.1 Å². The van der Waals surface area contributed by atoms with Crippen LogP contribution in [-0.2, 0) is 6.54 Å². The van der Waals surface area contributed by atoms with E-state index >= 15 is 0 Å². The lowest BCUT2D eigenvalue weighted by Gasteiger charge is -2.31. The van der Waals surface area contributed by atoms with Crippen molar-refractivity contribution in [3.8, 4) is 0 Å². The smallest absolute Gasteiger partial charge is 0.322 e. The Morgan fingerprint density at radius 2 is 2.08 bits per heavy atom. The molecule has 1 aromatic heterocycles. The summed E-state index contributed by atoms with van der Waals surface area (Å²) in [6.07, 6.45) is 5.61. The quantitative estimate of drug-likeness (QED) is 0.811. The SMILES string of the molecule is CC(C)n1cc(NC(=O)N(Cc2ccccc2)C(CO)C2CC2)cn1. The van der Waals surface area contributed by atoms with Gasteiger partial charge in [-0.05, 0) is 38.2 Å². The van der Waals surface area contributed by atoms with E-state index in [1.165, 1.54) is 0 Å². The summed E-state index contributed by atoms with van der Waals surface area (Å²) >= 11 is 0. The second-order valence-electron chi connectivity index (χ2n) is 6.93. The van der Waals surface area contributed by atoms with Gasteiger partial charge in [0.25, 0.3) is 0 Å². The van der Waals surface area contributed by atoms with Gasteiger partial charge in [-0.1, -0.05) is 30.3 Å². The second kappa shape index (κ2) is 7.70. The molecule has 3 rings (SSSR count). The summed E-state index contributed by atoms with van der Waals surface area (Å²) in [7, 11) is 0. The van der Waals surface area contributed by atoms with Crippen molar-refractivity contribution in [1.29, 1.82) is 0 Å². The number of aromatic nitrogens is 2. The first kappa shape index (κ1) is 17.5. The number of aliphatic hydroxyl groups is 1. The number of rotatable bonds is 7. The monoisotopic (exact) mass is 342 g/mol. The van der Waals surface area contributed by atoms with Gasteiger partial charge in [0.15, 0.2) is 0 Å². The molecule has 1 saturated carbocycles. The summed E-state index contributed by atoms with van der Waals surface area (Å²) in [5.41, 5.74) is 1.72. The van der Waals surface area contributed by atoms with Crippen molar-refractivity contribution in [2.24, 2.45) is 5.92 Å². The largest absolute Gasteiger partial charge is 0.394 e. The first-order chi connectivity index (χ1) is 12.1. The van der Waals surface area contributed by atoms with Crippen LogP contribution in [0.4, 0.5) is 10.5 Å². The third-order valence-corrected chi connectivity index (χ3v) is 4.59. The number of urea groups is 1. The minimum atomic E-state index is -0.196. The predicted octanol–water partition coefficient (Wildman–Crippen LogP) is 3.27. The Kier molecular flexibility index (Phi) is 5.38. The number of benzene rings is 1. The molecule has 1 heterocycles. The van der Waals surface area contributed by atoms with Gasteiger partial charge >= 0.3 is 6.03 Å². The third-order valence-electron chi connectivity index (χ3n) is 4.59. The van der Waals surface area contributed by atoms with Gasteiger partial charge in [0, 0.05) is 18.8 Å². The zero-order chi connectivity index (χ0) is 17.8. The molecule has 1 unspecified atom stereocenters. The highest BCUT2D eigenvalue weighted by atomic mass is 16.3. The number of hydrogen-bond acceptors (Lipinski definition) is 3. The number of amides is 2. The fourth-order valence-corrected chi connectivity index (χ4v) is 2.98. The Morgan fingerprint density at radius 1 is 1.36 bits per heavy atom. The Morgan fingerprint density at radius 3 is 2.64 bits per heavy atom. The van der Waals surface area contributed by atoms with Crippen LogP contribution in [0.15, 0.2) is 42.7 Å². The molecule has 1 fully saturated rings. The van der Waals surface area contributed by atoms with Crippen LogP contribution in [0, 0.1) is 5.92 Å². The molecule has 0 bridgehead atoms. The zero-order valence-electron chi connectivity index (χ0n) is 14.8. The van der Waals surface area contributed by atoms with E-state index < -0.39 is 0 Å². The lowest BCUT2D eigenvalue weighted by molar-refractivity contribution is 0.124. The first-order valence-electron chi connectivity index (χ1n) is 8.85. The van der Waals surface area contributed by atoms with Gasteiger partial charge in [0.1, 0.15) is 0 Å². The minimum Gasteiger partial charge on any atom is -0.394 e. The van der Waals surface area contributed by atoms with Crippen molar-refractivity contribution in [1.82, 2.24) is 14.7 Å². The van der Waals surface area contributed by atoms with E-state index in [1.54, 1.807) is 11.1 Å². The van der Waals surface area contributed by atoms with Gasteiger partial charge in [-0.15, -0.1) is 0 Å². The van der Waals surface area contributed by atoms with Crippen molar-refractivity contribution in [3.05, 3.63) is 48.3 Å². The number of nitrogens with one attached hydrogen (secondary N) is 1. The topological polar surface area (TPSA) is 70.4 Å². The van der Waals surface area contributed by atoms with Crippen LogP contribution in [0.3, 0.4) is 0 Å². The number of aliphatic hydroxyl groups excluding tert-OH is 1. The molecule has 0 spiro atoms. The molecule has 2 amide bonds. The van der Waals surface area contributed by atoms with Crippen molar-refractivity contribution in [3.63, 3.8) is 0 Å². The lowest BCUT2D eigenvalue weighted by atomic mass is 10.1. The molecule has 6 heteroatoms. The van der Waals surface area contributed by atoms with E-state index in [0.717, 1.165) is 18.4 Å². The van der Waals surface area contributed by atoms with E-state index in [9.17, 15) is 9.90 Å². The number of carbonyl (C=O) groups is 1. The van der Waals surface area contributed by atoms with Crippen molar-refractivity contribution in [2.45, 2.75) is 45.3 Å². The maximum absolute atomic E-state index is 12.9. The third kappa shape index (κ3) is 4.39. The number of hydrogen-bond donors (Lipinski definition) is 2. The maximum Gasteiger partial charge on any atom is 0.322 e. The summed E-state index contributed by atoms with van der Waals surface area (Å²) in [6.45, 7) is 4.54. The van der Waals surface area contributed by atoms with E-state index in [-0.39, 0.29) is 24.7 Å². The number of anilines is 1. The highest BCUT2D eigenvalue weighted by molar-refractivity contribution is 5.89. The molecular weight excluding hydrogens is 316 g/mol. The summed E-state index contributed by atoms with van der Waals surface area (Å²) in [5, 5.41) is 17.0. The summed E-state index contributed by atoms with van der Waals surface area (Å²) < 4.78 is 1.81. The van der Waals surface area contributed by atoms with Crippen molar-refractivity contribution >= 4 is 11.7 Å². The molecule has 1 atom stereocenters. The van der Waals surface area contributed by atoms with E-state index in [2.05, 4.69) is 10.4 Å². The van der Waals surface area contributed by atoms with Gasteiger partial charge in [-0.2, -0.15) is 5.10 Å². The Labute approximate surface area is 148 Å². The molecule has 1 aliphatic rings. The Balaban J connectivity index is 1.75. The summed E-state index contributed by atoms with van der Waals surface area (Å²) in [4.78, 5) is 14.6. The summed E-state index contributed by atoms with van der Waals surface area (Å²) in [5.74, 6) is 0.387. The molecule has 25 heavy (non-hydrogen) atoms. The molecule has 0 aliphatic heterocycles. The highest BCUT2D eigenvalue weighted by Gasteiger charge is 2.37. The van der Waals surface area contributed by atoms with Crippen LogP contribution in [0.25, 0.3) is 0 Å². The predicted molar refractivity (Wildman–Crippen MR) is 97.2 cm³/mol. The highest BCUT2D eigenvalue weighted by Crippen LogP contribution is 2.36. The molecule has 1 aliphatic carbocycles. The van der Waals surface area contributed by atoms with Gasteiger partial charge in [0.05, 0.1) is 24.5 Å². The second-order valence-corrected chi connectivity index (χ2v) is 6.93. The Hall–Kier alpha value is -2.34. The standard InChI is InChI=1S/C19H26N4O2/c1-14(2)23-12-17(10-20-23)21-19(25)22(18(13-24)16-8-9-16)11-15-6-4-3-5-7-15/h3-7,10,12,14,16,18,24H,8-9,11,13H2,1-2H3,(H,21,25). The molecule has 1 aromatic carbocycles. The molecule has 6 nitrogen and oxygen atoms in total. The van der Waals surface area contributed by atoms with Crippen molar-refractivity contribution < 1.29 is 9.90 Å². The lowest BCUT2D eigenvalue weighted by Crippen LogP contribution is -2.45. The van der Waals surface area contributed by atoms with Crippen LogP contribution in [0.2, 0.25) is 0 Å². The van der Waals surface area contributed by atoms with E-state index in [4.69, 9.17) is 0 Å². The number of carbonyl (C=O) groups excluding carboxylic acids is 1. The molecule has 0 saturated heterocycles. The van der Waals surface area contributed by atoms with E-state index in [0.29, 0.717) is 18.2 Å². The fraction of sp³-hybridized carbons (Fsp3) is 0.474. The van der Waals surface area contributed by atoms with Crippen LogP contribution in [-0.4, -0.2) is 38.5 Å². The number of nitrogens with zero attached hydrogens (tertiary/aromatic N) is 3. The van der Waals surface area contributed by atoms with Crippen LogP contribution < -0.4 is 5.32 Å². The minimum absolute atomic E-state index is 0.0177. The molecule has 2 N–H and O–H groups in total. The summed E-state index contributed by atoms with van der Waals surface area (Å²) in [6, 6.07) is 9.77. The molecule has 2 aromatic rings. The van der Waals surface area contributed by atoms with Gasteiger partial charge in [0.2, 0.25) is 0 Å². The van der Waals surface area contributed by atoms with Crippen LogP contribution in [0.1, 0.15) is 38.3 Å². The zero-order valence-corrected chi connectivity index (χ0v) is 14.8. The maximum atomic E-state index is 12.9. The Bertz CT molecular complexity index is 694. The average Bonchev–Trinajstić information content (AvgIpc) is 3.33.